The van der Waals surface area contributed by atoms with Crippen molar-refractivity contribution in [2.45, 2.75) is 32.6 Å². The van der Waals surface area contributed by atoms with Gasteiger partial charge >= 0.3 is 5.97 Å². The Bertz CT molecular complexity index is 266. The van der Waals surface area contributed by atoms with E-state index in [2.05, 4.69) is 10.8 Å². The van der Waals surface area contributed by atoms with Gasteiger partial charge in [0.15, 0.2) is 0 Å². The Morgan fingerprint density at radius 1 is 1.43 bits per heavy atom. The summed E-state index contributed by atoms with van der Waals surface area (Å²) < 4.78 is 4.41. The molecule has 0 saturated heterocycles. The zero-order valence-electron chi connectivity index (χ0n) is 8.71. The third-order valence-electron chi connectivity index (χ3n) is 2.66. The van der Waals surface area contributed by atoms with Crippen LogP contribution >= 0.6 is 0 Å². The van der Waals surface area contributed by atoms with Gasteiger partial charge in [0.1, 0.15) is 0 Å². The average molecular weight is 196 g/mol. The first-order valence-corrected chi connectivity index (χ1v) is 4.98. The number of hydrogen-bond donors (Lipinski definition) is 0. The largest absolute Gasteiger partial charge is 0.463 e. The molecule has 1 aliphatic rings. The second-order valence-electron chi connectivity index (χ2n) is 3.60. The van der Waals surface area contributed by atoms with Crippen molar-refractivity contribution in [1.29, 1.82) is 0 Å². The van der Waals surface area contributed by atoms with Crippen LogP contribution in [0.3, 0.4) is 0 Å². The molecule has 0 aromatic rings. The summed E-state index contributed by atoms with van der Waals surface area (Å²) in [5, 5.41) is 0. The van der Waals surface area contributed by atoms with Crippen molar-refractivity contribution >= 4 is 11.8 Å². The first-order chi connectivity index (χ1) is 6.66. The molecule has 0 fully saturated rings. The predicted molar refractivity (Wildman–Crippen MR) is 52.7 cm³/mol. The third kappa shape index (κ3) is 2.44. The minimum absolute atomic E-state index is 0.303. The van der Waals surface area contributed by atoms with Crippen molar-refractivity contribution in [3.8, 4) is 0 Å². The number of hydrogen-bond acceptors (Lipinski definition) is 3. The predicted octanol–water partition coefficient (Wildman–Crippen LogP) is 1.86. The molecule has 0 N–H and O–H groups in total. The van der Waals surface area contributed by atoms with E-state index in [1.807, 2.05) is 0 Å². The van der Waals surface area contributed by atoms with Gasteiger partial charge < -0.3 is 4.74 Å². The van der Waals surface area contributed by atoms with Crippen LogP contribution in [0.25, 0.3) is 0 Å². The number of Topliss-reactive ketones (excluding diaryl/α,β-unsaturated/α-hetero) is 1. The van der Waals surface area contributed by atoms with Gasteiger partial charge in [0.2, 0.25) is 5.78 Å². The number of ketones is 1. The molecule has 0 spiro atoms. The van der Waals surface area contributed by atoms with Crippen molar-refractivity contribution < 1.29 is 14.3 Å². The number of methoxy groups -OCH3 is 1. The zero-order chi connectivity index (χ0) is 10.6. The maximum Gasteiger partial charge on any atom is 0.374 e. The summed E-state index contributed by atoms with van der Waals surface area (Å²) in [6.07, 6.45) is 6.33. The number of ether oxygens (including phenoxy) is 1. The Morgan fingerprint density at radius 3 is 2.64 bits per heavy atom. The van der Waals surface area contributed by atoms with Crippen LogP contribution in [0.2, 0.25) is 0 Å². The molecule has 0 aromatic carbocycles. The highest BCUT2D eigenvalue weighted by Gasteiger charge is 2.25. The monoisotopic (exact) mass is 196 g/mol. The van der Waals surface area contributed by atoms with Gasteiger partial charge in [-0.15, -0.1) is 0 Å². The molecule has 0 aromatic heterocycles. The summed E-state index contributed by atoms with van der Waals surface area (Å²) in [6.45, 7) is 1.77. The van der Waals surface area contributed by atoms with E-state index in [1.165, 1.54) is 13.5 Å². The van der Waals surface area contributed by atoms with Gasteiger partial charge in [-0.1, -0.05) is 18.6 Å². The van der Waals surface area contributed by atoms with Gasteiger partial charge in [-0.25, -0.2) is 4.79 Å². The SMILES string of the molecule is COC(=O)C(=O)[C@@H](C)C1=CCCCC1. The molecule has 14 heavy (non-hydrogen) atoms. The average Bonchev–Trinajstić information content (AvgIpc) is 2.27. The van der Waals surface area contributed by atoms with Gasteiger partial charge in [0.25, 0.3) is 0 Å². The lowest BCUT2D eigenvalue weighted by atomic mass is 9.88. The van der Waals surface area contributed by atoms with Crippen molar-refractivity contribution in [2.75, 3.05) is 7.11 Å². The Hall–Kier alpha value is -1.12. The summed E-state index contributed by atoms with van der Waals surface area (Å²) in [7, 11) is 1.24. The quantitative estimate of drug-likeness (QED) is 0.393. The molecule has 0 amide bonds. The molecular formula is C11H16O3. The number of carbonyl (C=O) groups is 2. The van der Waals surface area contributed by atoms with Crippen LogP contribution in [0.15, 0.2) is 11.6 Å². The highest BCUT2D eigenvalue weighted by molar-refractivity contribution is 6.34. The van der Waals surface area contributed by atoms with Crippen LogP contribution in [0, 0.1) is 5.92 Å². The highest BCUT2D eigenvalue weighted by Crippen LogP contribution is 2.24. The Balaban J connectivity index is 2.64. The minimum Gasteiger partial charge on any atom is -0.463 e. The first kappa shape index (κ1) is 11.0. The first-order valence-electron chi connectivity index (χ1n) is 4.98. The Kier molecular flexibility index (Phi) is 3.86. The van der Waals surface area contributed by atoms with Gasteiger partial charge in [0, 0.05) is 5.92 Å². The van der Waals surface area contributed by atoms with E-state index in [4.69, 9.17) is 0 Å². The van der Waals surface area contributed by atoms with Gasteiger partial charge in [0.05, 0.1) is 7.11 Å². The molecule has 3 nitrogen and oxygen atoms in total. The van der Waals surface area contributed by atoms with Crippen LogP contribution < -0.4 is 0 Å². The Labute approximate surface area is 84.1 Å². The molecular weight excluding hydrogens is 180 g/mol. The zero-order valence-corrected chi connectivity index (χ0v) is 8.71. The molecule has 1 rings (SSSR count). The maximum absolute atomic E-state index is 11.5. The summed E-state index contributed by atoms with van der Waals surface area (Å²) in [5.41, 5.74) is 1.09. The second-order valence-corrected chi connectivity index (χ2v) is 3.60. The molecule has 78 valence electrons. The van der Waals surface area contributed by atoms with Crippen molar-refractivity contribution in [3.63, 3.8) is 0 Å². The highest BCUT2D eigenvalue weighted by atomic mass is 16.5. The lowest BCUT2D eigenvalue weighted by Crippen LogP contribution is -2.24. The second kappa shape index (κ2) is 4.94. The van der Waals surface area contributed by atoms with E-state index < -0.39 is 11.8 Å². The van der Waals surface area contributed by atoms with Crippen molar-refractivity contribution in [1.82, 2.24) is 0 Å². The standard InChI is InChI=1S/C11H16O3/c1-8(10(12)11(13)14-2)9-6-4-3-5-7-9/h6,8H,3-5,7H2,1-2H3/t8-/m0/s1. The summed E-state index contributed by atoms with van der Waals surface area (Å²) >= 11 is 0. The molecule has 0 bridgehead atoms. The van der Waals surface area contributed by atoms with E-state index in [0.29, 0.717) is 0 Å². The maximum atomic E-state index is 11.5. The minimum atomic E-state index is -0.732. The van der Waals surface area contributed by atoms with E-state index in [9.17, 15) is 9.59 Å². The number of esters is 1. The molecule has 0 unspecified atom stereocenters. The Morgan fingerprint density at radius 2 is 2.14 bits per heavy atom. The number of allylic oxidation sites excluding steroid dienone is 2. The molecule has 1 aliphatic carbocycles. The molecule has 0 radical (unpaired) electrons. The number of rotatable bonds is 3. The fourth-order valence-corrected chi connectivity index (χ4v) is 1.70. The smallest absolute Gasteiger partial charge is 0.374 e. The molecule has 1 atom stereocenters. The summed E-state index contributed by atoms with van der Waals surface area (Å²) in [4.78, 5) is 22.5. The van der Waals surface area contributed by atoms with Crippen molar-refractivity contribution in [2.24, 2.45) is 5.92 Å². The normalized spacial score (nSPS) is 18.3. The lowest BCUT2D eigenvalue weighted by Gasteiger charge is -2.17. The molecule has 3 heteroatoms. The fourth-order valence-electron chi connectivity index (χ4n) is 1.70. The van der Waals surface area contributed by atoms with Crippen LogP contribution in [0.4, 0.5) is 0 Å². The molecule has 0 aliphatic heterocycles. The van der Waals surface area contributed by atoms with Crippen LogP contribution in [0.5, 0.6) is 0 Å². The van der Waals surface area contributed by atoms with E-state index in [-0.39, 0.29) is 5.92 Å². The summed E-state index contributed by atoms with van der Waals surface area (Å²) in [5.74, 6) is -1.47. The summed E-state index contributed by atoms with van der Waals surface area (Å²) in [6, 6.07) is 0. The van der Waals surface area contributed by atoms with Crippen LogP contribution in [-0.2, 0) is 14.3 Å². The van der Waals surface area contributed by atoms with E-state index in [1.54, 1.807) is 6.92 Å². The van der Waals surface area contributed by atoms with E-state index >= 15 is 0 Å². The lowest BCUT2D eigenvalue weighted by molar-refractivity contribution is -0.152. The topological polar surface area (TPSA) is 43.4 Å². The van der Waals surface area contributed by atoms with Crippen LogP contribution in [-0.4, -0.2) is 18.9 Å². The van der Waals surface area contributed by atoms with Crippen LogP contribution in [0.1, 0.15) is 32.6 Å². The molecule has 0 saturated carbocycles. The van der Waals surface area contributed by atoms with E-state index in [0.717, 1.165) is 24.8 Å². The fraction of sp³-hybridized carbons (Fsp3) is 0.636. The number of carbonyl (C=O) groups excluding carboxylic acids is 2. The third-order valence-corrected chi connectivity index (χ3v) is 2.66. The molecule has 0 heterocycles. The van der Waals surface area contributed by atoms with Gasteiger partial charge in [-0.3, -0.25) is 4.79 Å². The van der Waals surface area contributed by atoms with Crippen molar-refractivity contribution in [3.05, 3.63) is 11.6 Å². The van der Waals surface area contributed by atoms with Gasteiger partial charge in [-0.2, -0.15) is 0 Å². The van der Waals surface area contributed by atoms with Gasteiger partial charge in [-0.05, 0) is 25.7 Å².